The van der Waals surface area contributed by atoms with E-state index in [1.165, 1.54) is 23.1 Å². The van der Waals surface area contributed by atoms with Crippen molar-refractivity contribution in [3.8, 4) is 33.4 Å². The lowest BCUT2D eigenvalue weighted by atomic mass is 10.1. The quantitative estimate of drug-likeness (QED) is 0.411. The predicted octanol–water partition coefficient (Wildman–Crippen LogP) is 3.93. The molecule has 0 saturated carbocycles. The van der Waals surface area contributed by atoms with Crippen LogP contribution in [0.4, 0.5) is 14.6 Å². The second kappa shape index (κ2) is 10.2. The molecule has 8 nitrogen and oxygen atoms in total. The Morgan fingerprint density at radius 3 is 2.78 bits per heavy atom. The van der Waals surface area contributed by atoms with E-state index in [4.69, 9.17) is 9.72 Å². The summed E-state index contributed by atoms with van der Waals surface area (Å²) in [5.41, 5.74) is 1.90. The largest absolute Gasteiger partial charge is 0.491 e. The number of rotatable bonds is 6. The molecule has 1 N–H and O–H groups in total. The summed E-state index contributed by atoms with van der Waals surface area (Å²) in [5.74, 6) is 0.693. The maximum absolute atomic E-state index is 14.5. The number of hydrogen-bond acceptors (Lipinski definition) is 8. The molecule has 2 aliphatic heterocycles. The number of hydrogen-bond donors (Lipinski definition) is 1. The first-order valence-electron chi connectivity index (χ1n) is 12.3. The Hall–Kier alpha value is -3.41. The summed E-state index contributed by atoms with van der Waals surface area (Å²) in [6.45, 7) is 6.67. The molecule has 1 fully saturated rings. The van der Waals surface area contributed by atoms with Gasteiger partial charge in [0.1, 0.15) is 35.1 Å². The van der Waals surface area contributed by atoms with Crippen molar-refractivity contribution in [3.63, 3.8) is 0 Å². The zero-order valence-electron chi connectivity index (χ0n) is 20.5. The van der Waals surface area contributed by atoms with Gasteiger partial charge < -0.3 is 15.0 Å². The van der Waals surface area contributed by atoms with E-state index in [1.807, 2.05) is 18.2 Å². The highest BCUT2D eigenvalue weighted by atomic mass is 32.1. The minimum Gasteiger partial charge on any atom is -0.491 e. The summed E-state index contributed by atoms with van der Waals surface area (Å²) in [4.78, 5) is 16.0. The highest BCUT2D eigenvalue weighted by molar-refractivity contribution is 7.16. The minimum absolute atomic E-state index is 0.145. The van der Waals surface area contributed by atoms with Crippen LogP contribution in [0.15, 0.2) is 42.7 Å². The van der Waals surface area contributed by atoms with Crippen molar-refractivity contribution in [2.75, 3.05) is 58.2 Å². The second-order valence-electron chi connectivity index (χ2n) is 9.25. The molecular formula is C26H27F2N7OS. The van der Waals surface area contributed by atoms with Gasteiger partial charge in [-0.1, -0.05) is 0 Å². The lowest BCUT2D eigenvalue weighted by Crippen LogP contribution is -2.45. The Balaban J connectivity index is 1.26. The number of nitrogens with one attached hydrogen (secondary N) is 1. The molecule has 192 valence electrons. The predicted molar refractivity (Wildman–Crippen MR) is 139 cm³/mol. The molecule has 0 amide bonds. The van der Waals surface area contributed by atoms with E-state index < -0.39 is 11.6 Å². The number of piperazine rings is 1. The molecule has 1 saturated heterocycles. The first kappa shape index (κ1) is 24.0. The summed E-state index contributed by atoms with van der Waals surface area (Å²) in [6.07, 6.45) is 2.10. The Labute approximate surface area is 217 Å². The number of anilines is 1. The fourth-order valence-corrected chi connectivity index (χ4v) is 5.81. The fraction of sp³-hybridized carbons (Fsp3) is 0.346. The molecule has 0 bridgehead atoms. The molecule has 0 aliphatic carbocycles. The lowest BCUT2D eigenvalue weighted by molar-refractivity contribution is 0.158. The molecule has 0 unspecified atom stereocenters. The van der Waals surface area contributed by atoms with Crippen molar-refractivity contribution in [1.29, 1.82) is 0 Å². The van der Waals surface area contributed by atoms with Gasteiger partial charge in [-0.25, -0.2) is 23.4 Å². The number of aromatic nitrogens is 4. The molecule has 1 aromatic carbocycles. The molecule has 3 aromatic heterocycles. The van der Waals surface area contributed by atoms with Crippen LogP contribution in [0.1, 0.15) is 4.88 Å². The van der Waals surface area contributed by atoms with Crippen LogP contribution in [0.2, 0.25) is 0 Å². The van der Waals surface area contributed by atoms with E-state index in [9.17, 15) is 8.78 Å². The van der Waals surface area contributed by atoms with E-state index in [0.29, 0.717) is 12.4 Å². The fourth-order valence-electron chi connectivity index (χ4n) is 4.69. The molecule has 6 rings (SSSR count). The molecule has 0 radical (unpaired) electrons. The van der Waals surface area contributed by atoms with Crippen molar-refractivity contribution in [3.05, 3.63) is 59.2 Å². The summed E-state index contributed by atoms with van der Waals surface area (Å²) < 4.78 is 35.4. The first-order chi connectivity index (χ1) is 18.0. The zero-order valence-corrected chi connectivity index (χ0v) is 21.3. The van der Waals surface area contributed by atoms with E-state index in [2.05, 4.69) is 32.2 Å². The number of pyridine rings is 1. The third-order valence-corrected chi connectivity index (χ3v) is 7.94. The van der Waals surface area contributed by atoms with Gasteiger partial charge >= 0.3 is 0 Å². The third kappa shape index (κ3) is 4.94. The second-order valence-corrected chi connectivity index (χ2v) is 10.4. The van der Waals surface area contributed by atoms with Gasteiger partial charge in [0, 0.05) is 62.2 Å². The number of thiophene rings is 1. The van der Waals surface area contributed by atoms with Crippen molar-refractivity contribution >= 4 is 17.2 Å². The lowest BCUT2D eigenvalue weighted by Gasteiger charge is -2.32. The van der Waals surface area contributed by atoms with Crippen LogP contribution in [-0.4, -0.2) is 82.5 Å². The SMILES string of the molecule is CN1CCN(CCNc2ccc3c(n2)-c2cc(-c4ncnn4-c4ccc(F)cc4F)sc2CCO3)CC1. The van der Waals surface area contributed by atoms with Crippen molar-refractivity contribution in [2.45, 2.75) is 6.42 Å². The maximum Gasteiger partial charge on any atom is 0.173 e. The molecule has 2 aliphatic rings. The van der Waals surface area contributed by atoms with E-state index >= 15 is 0 Å². The van der Waals surface area contributed by atoms with Crippen LogP contribution in [0.5, 0.6) is 5.75 Å². The Morgan fingerprint density at radius 1 is 1.08 bits per heavy atom. The van der Waals surface area contributed by atoms with Gasteiger partial charge in [0.25, 0.3) is 0 Å². The van der Waals surface area contributed by atoms with Crippen molar-refractivity contribution in [1.82, 2.24) is 29.5 Å². The number of nitrogens with zero attached hydrogens (tertiary/aromatic N) is 6. The average molecular weight is 524 g/mol. The number of benzene rings is 1. The summed E-state index contributed by atoms with van der Waals surface area (Å²) >= 11 is 1.56. The standard InChI is InChI=1S/C26H27F2N7OS/c1-33-9-11-34(12-10-33)8-7-29-24-5-4-21-25(32-24)18-15-23(37-22(18)6-13-36-21)26-30-16-31-35(26)20-3-2-17(27)14-19(20)28/h2-5,14-16H,6-13H2,1H3,(H,29,32). The molecular weight excluding hydrogens is 496 g/mol. The summed E-state index contributed by atoms with van der Waals surface area (Å²) in [7, 11) is 2.16. The van der Waals surface area contributed by atoms with Gasteiger partial charge in [0.15, 0.2) is 11.6 Å². The van der Waals surface area contributed by atoms with Crippen LogP contribution in [0.3, 0.4) is 0 Å². The normalized spacial score (nSPS) is 16.1. The van der Waals surface area contributed by atoms with Gasteiger partial charge in [0.05, 0.1) is 11.5 Å². The average Bonchev–Trinajstić information content (AvgIpc) is 3.50. The monoisotopic (exact) mass is 523 g/mol. The molecule has 11 heteroatoms. The highest BCUT2D eigenvalue weighted by Crippen LogP contribution is 2.42. The molecule has 37 heavy (non-hydrogen) atoms. The number of halogens is 2. The maximum atomic E-state index is 14.5. The van der Waals surface area contributed by atoms with E-state index in [1.54, 1.807) is 11.3 Å². The number of likely N-dealkylation sites (N-methyl/N-ethyl adjacent to an activating group) is 1. The third-order valence-electron chi connectivity index (χ3n) is 6.75. The number of fused-ring (bicyclic) bond motifs is 3. The zero-order chi connectivity index (χ0) is 25.4. The van der Waals surface area contributed by atoms with Gasteiger partial charge in [0.2, 0.25) is 0 Å². The molecule has 0 spiro atoms. The van der Waals surface area contributed by atoms with Crippen LogP contribution in [0, 0.1) is 11.6 Å². The van der Waals surface area contributed by atoms with Gasteiger partial charge in [-0.05, 0) is 37.4 Å². The smallest absolute Gasteiger partial charge is 0.173 e. The summed E-state index contributed by atoms with van der Waals surface area (Å²) in [5, 5.41) is 7.67. The van der Waals surface area contributed by atoms with Crippen LogP contribution in [-0.2, 0) is 6.42 Å². The molecule has 5 heterocycles. The van der Waals surface area contributed by atoms with Crippen LogP contribution in [0.25, 0.3) is 27.6 Å². The number of ether oxygens (including phenoxy) is 1. The van der Waals surface area contributed by atoms with E-state index in [0.717, 1.165) is 84.3 Å². The van der Waals surface area contributed by atoms with Crippen LogP contribution >= 0.6 is 11.3 Å². The van der Waals surface area contributed by atoms with E-state index in [-0.39, 0.29) is 5.69 Å². The van der Waals surface area contributed by atoms with Crippen LogP contribution < -0.4 is 10.1 Å². The van der Waals surface area contributed by atoms with Crippen molar-refractivity contribution in [2.24, 2.45) is 0 Å². The Kier molecular flexibility index (Phi) is 6.58. The minimum atomic E-state index is -0.697. The first-order valence-corrected chi connectivity index (χ1v) is 13.1. The summed E-state index contributed by atoms with van der Waals surface area (Å²) in [6, 6.07) is 9.35. The van der Waals surface area contributed by atoms with Gasteiger partial charge in [-0.3, -0.25) is 4.90 Å². The topological polar surface area (TPSA) is 71.3 Å². The Bertz CT molecular complexity index is 1410. The molecule has 0 atom stereocenters. The molecule has 4 aromatic rings. The highest BCUT2D eigenvalue weighted by Gasteiger charge is 2.24. The van der Waals surface area contributed by atoms with Crippen molar-refractivity contribution < 1.29 is 13.5 Å². The van der Waals surface area contributed by atoms with Gasteiger partial charge in [-0.2, -0.15) is 5.10 Å². The Morgan fingerprint density at radius 2 is 1.95 bits per heavy atom. The van der Waals surface area contributed by atoms with Gasteiger partial charge in [-0.15, -0.1) is 11.3 Å².